The summed E-state index contributed by atoms with van der Waals surface area (Å²) < 4.78 is 11.0. The van der Waals surface area contributed by atoms with Crippen LogP contribution in [0.15, 0.2) is 59.0 Å². The second-order valence-corrected chi connectivity index (χ2v) is 5.82. The number of hydrogen-bond donors (Lipinski definition) is 0. The van der Waals surface area contributed by atoms with Gasteiger partial charge >= 0.3 is 0 Å². The fourth-order valence-electron chi connectivity index (χ4n) is 2.66. The molecule has 0 unspecified atom stereocenters. The van der Waals surface area contributed by atoms with E-state index >= 15 is 0 Å². The first kappa shape index (κ1) is 19.3. The van der Waals surface area contributed by atoms with Crippen molar-refractivity contribution in [2.24, 2.45) is 0 Å². The van der Waals surface area contributed by atoms with Crippen molar-refractivity contribution >= 4 is 23.0 Å². The molecule has 0 saturated carbocycles. The Bertz CT molecular complexity index is 1160. The molecule has 2 aromatic carbocycles. The van der Waals surface area contributed by atoms with Gasteiger partial charge in [0.15, 0.2) is 0 Å². The number of methoxy groups -OCH3 is 1. The summed E-state index contributed by atoms with van der Waals surface area (Å²) in [4.78, 5) is 20.6. The summed E-state index contributed by atoms with van der Waals surface area (Å²) in [6.07, 6.45) is 1.50. The van der Waals surface area contributed by atoms with Crippen LogP contribution in [0.1, 0.15) is 11.3 Å². The van der Waals surface area contributed by atoms with Gasteiger partial charge in [-0.2, -0.15) is 5.26 Å². The van der Waals surface area contributed by atoms with Gasteiger partial charge in [0, 0.05) is 18.2 Å². The fourth-order valence-corrected chi connectivity index (χ4v) is 2.66. The van der Waals surface area contributed by atoms with E-state index in [2.05, 4.69) is 0 Å². The predicted molar refractivity (Wildman–Crippen MR) is 104 cm³/mol. The minimum absolute atomic E-state index is 0.0726. The number of rotatable bonds is 6. The Hall–Kier alpha value is -4.45. The molecule has 0 aliphatic carbocycles. The molecule has 0 aliphatic rings. The van der Waals surface area contributed by atoms with Crippen LogP contribution in [0, 0.1) is 31.6 Å². The number of non-ortho nitro benzene ring substituents is 2. The van der Waals surface area contributed by atoms with Gasteiger partial charge < -0.3 is 9.15 Å². The molecule has 3 rings (SSSR count). The Kier molecular flexibility index (Phi) is 5.37. The minimum atomic E-state index is -0.522. The molecule has 0 amide bonds. The summed E-state index contributed by atoms with van der Waals surface area (Å²) in [7, 11) is 1.40. The van der Waals surface area contributed by atoms with Gasteiger partial charge in [-0.05, 0) is 42.0 Å². The summed E-state index contributed by atoms with van der Waals surface area (Å²) in [5, 5.41) is 31.1. The lowest BCUT2D eigenvalue weighted by Crippen LogP contribution is -1.92. The third-order valence-corrected chi connectivity index (χ3v) is 4.08. The van der Waals surface area contributed by atoms with E-state index in [1.807, 2.05) is 6.07 Å². The lowest BCUT2D eigenvalue weighted by Gasteiger charge is -2.05. The molecule has 0 atom stereocenters. The first-order chi connectivity index (χ1) is 13.9. The van der Waals surface area contributed by atoms with Gasteiger partial charge in [-0.1, -0.05) is 0 Å². The zero-order valence-corrected chi connectivity index (χ0v) is 15.1. The number of benzene rings is 2. The molecule has 0 bridgehead atoms. The van der Waals surface area contributed by atoms with Crippen LogP contribution in [-0.4, -0.2) is 17.0 Å². The van der Waals surface area contributed by atoms with Gasteiger partial charge in [0.25, 0.3) is 11.4 Å². The van der Waals surface area contributed by atoms with Crippen LogP contribution in [0.4, 0.5) is 11.4 Å². The van der Waals surface area contributed by atoms with E-state index in [1.165, 1.54) is 55.7 Å². The van der Waals surface area contributed by atoms with Crippen LogP contribution in [0.5, 0.6) is 5.75 Å². The van der Waals surface area contributed by atoms with Crippen molar-refractivity contribution in [2.75, 3.05) is 7.11 Å². The van der Waals surface area contributed by atoms with Crippen molar-refractivity contribution in [1.82, 2.24) is 0 Å². The number of ether oxygens (including phenoxy) is 1. The van der Waals surface area contributed by atoms with Crippen LogP contribution < -0.4 is 4.74 Å². The highest BCUT2D eigenvalue weighted by molar-refractivity contribution is 5.89. The third-order valence-electron chi connectivity index (χ3n) is 4.08. The SMILES string of the molecule is COc1cc([N+](=O)[O-])ccc1-c1ccc(C=C(C#N)c2ccc([N+](=O)[O-])cc2)o1. The average Bonchev–Trinajstić information content (AvgIpc) is 3.19. The van der Waals surface area contributed by atoms with Gasteiger partial charge in [-0.3, -0.25) is 20.2 Å². The molecular formula is C20H13N3O6. The van der Waals surface area contributed by atoms with Crippen LogP contribution in [0.3, 0.4) is 0 Å². The molecule has 0 spiro atoms. The summed E-state index contributed by atoms with van der Waals surface area (Å²) in [6.45, 7) is 0. The van der Waals surface area contributed by atoms with E-state index in [0.717, 1.165) is 0 Å². The zero-order chi connectivity index (χ0) is 21.0. The number of hydrogen-bond acceptors (Lipinski definition) is 7. The van der Waals surface area contributed by atoms with Crippen molar-refractivity contribution < 1.29 is 19.0 Å². The van der Waals surface area contributed by atoms with Crippen molar-refractivity contribution in [3.05, 3.63) is 86.1 Å². The summed E-state index contributed by atoms with van der Waals surface area (Å²) in [6, 6.07) is 15.1. The average molecular weight is 391 g/mol. The van der Waals surface area contributed by atoms with Gasteiger partial charge in [-0.25, -0.2) is 0 Å². The maximum Gasteiger partial charge on any atom is 0.273 e. The standard InChI is InChI=1S/C20H13N3O6/c1-28-20-11-16(23(26)27)6-8-18(20)19-9-7-17(29-19)10-14(12-21)13-2-4-15(5-3-13)22(24)25/h2-11H,1H3. The molecule has 1 aromatic heterocycles. The Morgan fingerprint density at radius 3 is 2.28 bits per heavy atom. The van der Waals surface area contributed by atoms with E-state index in [9.17, 15) is 25.5 Å². The zero-order valence-electron chi connectivity index (χ0n) is 15.1. The number of allylic oxidation sites excluding steroid dienone is 1. The second-order valence-electron chi connectivity index (χ2n) is 5.82. The maximum absolute atomic E-state index is 10.9. The van der Waals surface area contributed by atoms with Gasteiger partial charge in [0.1, 0.15) is 17.3 Å². The molecule has 144 valence electrons. The molecule has 0 aliphatic heterocycles. The first-order valence-electron chi connectivity index (χ1n) is 8.22. The maximum atomic E-state index is 10.9. The highest BCUT2D eigenvalue weighted by Gasteiger charge is 2.15. The molecule has 0 radical (unpaired) electrons. The fraction of sp³-hybridized carbons (Fsp3) is 0.0500. The van der Waals surface area contributed by atoms with Gasteiger partial charge in [0.05, 0.1) is 40.2 Å². The Morgan fingerprint density at radius 2 is 1.69 bits per heavy atom. The monoisotopic (exact) mass is 391 g/mol. The molecule has 9 heteroatoms. The highest BCUT2D eigenvalue weighted by Crippen LogP contribution is 2.35. The topological polar surface area (TPSA) is 132 Å². The van der Waals surface area contributed by atoms with E-state index in [1.54, 1.807) is 12.1 Å². The van der Waals surface area contributed by atoms with E-state index in [4.69, 9.17) is 9.15 Å². The number of furan rings is 1. The largest absolute Gasteiger partial charge is 0.496 e. The molecule has 0 saturated heterocycles. The smallest absolute Gasteiger partial charge is 0.273 e. The molecule has 0 fully saturated rings. The van der Waals surface area contributed by atoms with E-state index < -0.39 is 9.85 Å². The first-order valence-corrected chi connectivity index (χ1v) is 8.22. The minimum Gasteiger partial charge on any atom is -0.496 e. The number of nitrogens with zero attached hydrogens (tertiary/aromatic N) is 3. The van der Waals surface area contributed by atoms with E-state index in [0.29, 0.717) is 22.6 Å². The van der Waals surface area contributed by atoms with Crippen molar-refractivity contribution in [3.63, 3.8) is 0 Å². The molecule has 9 nitrogen and oxygen atoms in total. The normalized spacial score (nSPS) is 11.0. The third kappa shape index (κ3) is 4.12. The Morgan fingerprint density at radius 1 is 1.03 bits per heavy atom. The molecule has 1 heterocycles. The number of nitro benzene ring substituents is 2. The molecule has 0 N–H and O–H groups in total. The van der Waals surface area contributed by atoms with Crippen LogP contribution in [-0.2, 0) is 0 Å². The molecule has 3 aromatic rings. The van der Waals surface area contributed by atoms with Crippen molar-refractivity contribution in [3.8, 4) is 23.1 Å². The predicted octanol–water partition coefficient (Wildman–Crippen LogP) is 4.84. The van der Waals surface area contributed by atoms with E-state index in [-0.39, 0.29) is 22.7 Å². The Balaban J connectivity index is 1.94. The number of nitro groups is 2. The summed E-state index contributed by atoms with van der Waals surface area (Å²) in [5.74, 6) is 1.05. The van der Waals surface area contributed by atoms with Crippen LogP contribution >= 0.6 is 0 Å². The van der Waals surface area contributed by atoms with Crippen LogP contribution in [0.2, 0.25) is 0 Å². The van der Waals surface area contributed by atoms with Gasteiger partial charge in [0.2, 0.25) is 0 Å². The van der Waals surface area contributed by atoms with Crippen molar-refractivity contribution in [1.29, 1.82) is 5.26 Å². The van der Waals surface area contributed by atoms with Crippen LogP contribution in [0.25, 0.3) is 23.0 Å². The highest BCUT2D eigenvalue weighted by atomic mass is 16.6. The molecular weight excluding hydrogens is 378 g/mol. The van der Waals surface area contributed by atoms with Crippen molar-refractivity contribution in [2.45, 2.75) is 0 Å². The summed E-state index contributed by atoms with van der Waals surface area (Å²) >= 11 is 0. The summed E-state index contributed by atoms with van der Waals surface area (Å²) in [5.41, 5.74) is 1.10. The van der Waals surface area contributed by atoms with Gasteiger partial charge in [-0.15, -0.1) is 0 Å². The lowest BCUT2D eigenvalue weighted by molar-refractivity contribution is -0.385. The second kappa shape index (κ2) is 8.06. The number of nitriles is 1. The lowest BCUT2D eigenvalue weighted by atomic mass is 10.1. The molecule has 29 heavy (non-hydrogen) atoms. The Labute approximate surface area is 164 Å². The quantitative estimate of drug-likeness (QED) is 0.333.